The van der Waals surface area contributed by atoms with E-state index in [1.54, 1.807) is 25.1 Å². The molecule has 7 heteroatoms. The summed E-state index contributed by atoms with van der Waals surface area (Å²) in [5.41, 5.74) is 0.456. The van der Waals surface area contributed by atoms with Crippen molar-refractivity contribution in [2.75, 3.05) is 0 Å². The van der Waals surface area contributed by atoms with E-state index in [-0.39, 0.29) is 18.4 Å². The molecule has 0 fully saturated rings. The number of nitro groups is 1. The number of hydrogen-bond acceptors (Lipinski definition) is 6. The molecule has 7 nitrogen and oxygen atoms in total. The third kappa shape index (κ3) is 2.57. The smallest absolute Gasteiger partial charge is 0.417 e. The molecule has 1 aromatic carbocycles. The van der Waals surface area contributed by atoms with E-state index in [0.29, 0.717) is 11.4 Å². The van der Waals surface area contributed by atoms with Crippen LogP contribution in [-0.4, -0.2) is 15.1 Å². The average molecular weight is 235 g/mol. The summed E-state index contributed by atoms with van der Waals surface area (Å²) < 4.78 is 9.89. The highest BCUT2D eigenvalue weighted by Gasteiger charge is 2.13. The minimum absolute atomic E-state index is 0.000603. The maximum Gasteiger partial charge on any atom is 0.417 e. The van der Waals surface area contributed by atoms with Crippen molar-refractivity contribution in [3.05, 3.63) is 45.8 Å². The van der Waals surface area contributed by atoms with E-state index in [9.17, 15) is 10.1 Å². The molecule has 0 aliphatic carbocycles. The van der Waals surface area contributed by atoms with Crippen molar-refractivity contribution in [1.82, 2.24) is 10.1 Å². The molecule has 0 unspecified atom stereocenters. The van der Waals surface area contributed by atoms with Gasteiger partial charge in [-0.05, 0) is 13.0 Å². The van der Waals surface area contributed by atoms with E-state index in [4.69, 9.17) is 9.26 Å². The molecule has 0 aliphatic rings. The van der Waals surface area contributed by atoms with Crippen molar-refractivity contribution in [3.63, 3.8) is 0 Å². The largest absolute Gasteiger partial charge is 0.444 e. The molecule has 0 amide bonds. The Morgan fingerprint density at radius 1 is 1.47 bits per heavy atom. The van der Waals surface area contributed by atoms with E-state index in [0.717, 1.165) is 0 Å². The molecular formula is C10H9N3O4. The summed E-state index contributed by atoms with van der Waals surface area (Å²) in [6.07, 6.45) is 0.000603. The van der Waals surface area contributed by atoms with Crippen LogP contribution in [0.15, 0.2) is 28.8 Å². The first-order valence-corrected chi connectivity index (χ1v) is 4.82. The van der Waals surface area contributed by atoms with Crippen LogP contribution in [0.4, 0.5) is 5.69 Å². The number of aryl methyl sites for hydroxylation is 1. The van der Waals surface area contributed by atoms with Crippen LogP contribution in [0.25, 0.3) is 0 Å². The summed E-state index contributed by atoms with van der Waals surface area (Å²) in [4.78, 5) is 14.1. The van der Waals surface area contributed by atoms with Gasteiger partial charge in [-0.1, -0.05) is 17.3 Å². The Labute approximate surface area is 96.2 Å². The van der Waals surface area contributed by atoms with Crippen LogP contribution in [0, 0.1) is 17.0 Å². The lowest BCUT2D eigenvalue weighted by atomic mass is 10.2. The molecule has 2 aromatic rings. The van der Waals surface area contributed by atoms with Gasteiger partial charge in [-0.3, -0.25) is 14.6 Å². The number of para-hydroxylation sites is 1. The second kappa shape index (κ2) is 4.60. The second-order valence-corrected chi connectivity index (χ2v) is 3.28. The normalized spacial score (nSPS) is 10.2. The lowest BCUT2D eigenvalue weighted by Gasteiger charge is -2.01. The Balaban J connectivity index is 2.11. The van der Waals surface area contributed by atoms with Crippen molar-refractivity contribution < 1.29 is 14.2 Å². The van der Waals surface area contributed by atoms with Gasteiger partial charge in [0, 0.05) is 6.07 Å². The molecule has 88 valence electrons. The first kappa shape index (κ1) is 11.1. The fourth-order valence-electron chi connectivity index (χ4n) is 1.29. The zero-order valence-electron chi connectivity index (χ0n) is 8.99. The van der Waals surface area contributed by atoms with Crippen LogP contribution >= 0.6 is 0 Å². The highest BCUT2D eigenvalue weighted by molar-refractivity contribution is 5.39. The molecule has 1 aromatic heterocycles. The Bertz CT molecular complexity index is 538. The van der Waals surface area contributed by atoms with Crippen LogP contribution in [0.2, 0.25) is 0 Å². The molecule has 2 rings (SSSR count). The van der Waals surface area contributed by atoms with Crippen molar-refractivity contribution in [2.45, 2.75) is 13.5 Å². The van der Waals surface area contributed by atoms with E-state index in [2.05, 4.69) is 10.1 Å². The molecule has 17 heavy (non-hydrogen) atoms. The highest BCUT2D eigenvalue weighted by Crippen LogP contribution is 2.19. The first-order chi connectivity index (χ1) is 8.16. The van der Waals surface area contributed by atoms with Crippen LogP contribution in [-0.2, 0) is 6.61 Å². The maximum absolute atomic E-state index is 10.7. The van der Waals surface area contributed by atoms with Gasteiger partial charge in [-0.25, -0.2) is 0 Å². The van der Waals surface area contributed by atoms with Gasteiger partial charge < -0.3 is 4.74 Å². The molecule has 0 aliphatic heterocycles. The standard InChI is InChI=1S/C10H9N3O4/c1-7-11-10(17-12-7)16-6-8-4-2-3-5-9(8)13(14)15/h2-5H,6H2,1H3. The summed E-state index contributed by atoms with van der Waals surface area (Å²) in [7, 11) is 0. The number of rotatable bonds is 4. The van der Waals surface area contributed by atoms with Gasteiger partial charge in [0.05, 0.1) is 10.5 Å². The van der Waals surface area contributed by atoms with E-state index >= 15 is 0 Å². The fraction of sp³-hybridized carbons (Fsp3) is 0.200. The highest BCUT2D eigenvalue weighted by atomic mass is 16.6. The minimum Gasteiger partial charge on any atom is -0.444 e. The second-order valence-electron chi connectivity index (χ2n) is 3.28. The monoisotopic (exact) mass is 235 g/mol. The van der Waals surface area contributed by atoms with Gasteiger partial charge >= 0.3 is 6.08 Å². The maximum atomic E-state index is 10.7. The predicted molar refractivity (Wildman–Crippen MR) is 56.5 cm³/mol. The van der Waals surface area contributed by atoms with E-state index in [1.165, 1.54) is 6.07 Å². The number of ether oxygens (including phenoxy) is 1. The minimum atomic E-state index is -0.461. The average Bonchev–Trinajstić information content (AvgIpc) is 2.73. The molecule has 0 N–H and O–H groups in total. The van der Waals surface area contributed by atoms with Gasteiger partial charge in [0.1, 0.15) is 6.61 Å². The molecular weight excluding hydrogens is 226 g/mol. The molecule has 0 radical (unpaired) electrons. The Morgan fingerprint density at radius 3 is 2.88 bits per heavy atom. The van der Waals surface area contributed by atoms with E-state index < -0.39 is 4.92 Å². The van der Waals surface area contributed by atoms with Crippen molar-refractivity contribution in [1.29, 1.82) is 0 Å². The van der Waals surface area contributed by atoms with Crippen LogP contribution in [0.1, 0.15) is 11.4 Å². The van der Waals surface area contributed by atoms with Gasteiger partial charge in [-0.15, -0.1) is 0 Å². The first-order valence-electron chi connectivity index (χ1n) is 4.82. The van der Waals surface area contributed by atoms with Crippen molar-refractivity contribution in [3.8, 4) is 6.08 Å². The van der Waals surface area contributed by atoms with Gasteiger partial charge in [0.15, 0.2) is 5.82 Å². The predicted octanol–water partition coefficient (Wildman–Crippen LogP) is 1.87. The number of benzene rings is 1. The molecule has 0 atom stereocenters. The quantitative estimate of drug-likeness (QED) is 0.593. The Morgan fingerprint density at radius 2 is 2.24 bits per heavy atom. The summed E-state index contributed by atoms with van der Waals surface area (Å²) >= 11 is 0. The molecule has 0 saturated heterocycles. The summed E-state index contributed by atoms with van der Waals surface area (Å²) in [5, 5.41) is 14.3. The number of nitro benzene ring substituents is 1. The lowest BCUT2D eigenvalue weighted by molar-refractivity contribution is -0.385. The summed E-state index contributed by atoms with van der Waals surface area (Å²) in [6, 6.07) is 6.32. The SMILES string of the molecule is Cc1noc(OCc2ccccc2[N+](=O)[O-])n1. The van der Waals surface area contributed by atoms with Crippen LogP contribution < -0.4 is 4.74 Å². The Kier molecular flexibility index (Phi) is 2.99. The molecule has 1 heterocycles. The number of aromatic nitrogens is 2. The molecule has 0 spiro atoms. The third-order valence-electron chi connectivity index (χ3n) is 2.05. The number of nitrogens with zero attached hydrogens (tertiary/aromatic N) is 3. The number of hydrogen-bond donors (Lipinski definition) is 0. The van der Waals surface area contributed by atoms with Gasteiger partial charge in [0.25, 0.3) is 5.69 Å². The zero-order valence-corrected chi connectivity index (χ0v) is 8.99. The zero-order chi connectivity index (χ0) is 12.3. The summed E-state index contributed by atoms with van der Waals surface area (Å²) in [5.74, 6) is 0.447. The summed E-state index contributed by atoms with van der Waals surface area (Å²) in [6.45, 7) is 1.67. The van der Waals surface area contributed by atoms with E-state index in [1.807, 2.05) is 0 Å². The lowest BCUT2D eigenvalue weighted by Crippen LogP contribution is -2.00. The topological polar surface area (TPSA) is 91.3 Å². The van der Waals surface area contributed by atoms with Crippen LogP contribution in [0.5, 0.6) is 6.08 Å². The third-order valence-corrected chi connectivity index (χ3v) is 2.05. The van der Waals surface area contributed by atoms with Crippen molar-refractivity contribution in [2.24, 2.45) is 0 Å². The van der Waals surface area contributed by atoms with Crippen LogP contribution in [0.3, 0.4) is 0 Å². The Hall–Kier alpha value is -2.44. The van der Waals surface area contributed by atoms with Gasteiger partial charge in [-0.2, -0.15) is 4.98 Å². The molecule has 0 saturated carbocycles. The van der Waals surface area contributed by atoms with Gasteiger partial charge in [0.2, 0.25) is 0 Å². The fourth-order valence-corrected chi connectivity index (χ4v) is 1.29. The van der Waals surface area contributed by atoms with Crippen molar-refractivity contribution >= 4 is 5.69 Å². The molecule has 0 bridgehead atoms.